The van der Waals surface area contributed by atoms with Crippen molar-refractivity contribution >= 4 is 33.0 Å². The average molecular weight is 475 g/mol. The van der Waals surface area contributed by atoms with Gasteiger partial charge in [-0.25, -0.2) is 9.97 Å². The van der Waals surface area contributed by atoms with Crippen molar-refractivity contribution in [2.75, 3.05) is 0 Å². The van der Waals surface area contributed by atoms with Crippen LogP contribution in [-0.2, 0) is 12.6 Å². The highest BCUT2D eigenvalue weighted by molar-refractivity contribution is 9.10. The molecule has 2 aromatic carbocycles. The predicted molar refractivity (Wildman–Crippen MR) is 109 cm³/mol. The number of alkyl halides is 3. The molecule has 0 aliphatic rings. The van der Waals surface area contributed by atoms with Gasteiger partial charge in [0.1, 0.15) is 5.52 Å². The summed E-state index contributed by atoms with van der Waals surface area (Å²) in [6.07, 6.45) is -3.14. The van der Waals surface area contributed by atoms with E-state index < -0.39 is 17.9 Å². The number of hydrogen-bond acceptors (Lipinski definition) is 3. The second-order valence-corrected chi connectivity index (χ2v) is 7.42. The van der Waals surface area contributed by atoms with Gasteiger partial charge in [0.15, 0.2) is 5.65 Å². The molecular formula is C21H14BrF3N4O. The van der Waals surface area contributed by atoms with Gasteiger partial charge in [-0.15, -0.1) is 0 Å². The molecule has 30 heavy (non-hydrogen) atoms. The van der Waals surface area contributed by atoms with E-state index in [0.29, 0.717) is 10.0 Å². The molecule has 2 heterocycles. The first kappa shape index (κ1) is 20.1. The lowest BCUT2D eigenvalue weighted by molar-refractivity contribution is -0.145. The predicted octanol–water partition coefficient (Wildman–Crippen LogP) is 4.89. The number of carbonyl (C=O) groups is 1. The van der Waals surface area contributed by atoms with Crippen LogP contribution in [0.5, 0.6) is 0 Å². The molecule has 0 unspecified atom stereocenters. The van der Waals surface area contributed by atoms with Gasteiger partial charge in [-0.2, -0.15) is 13.2 Å². The molecule has 1 amide bonds. The van der Waals surface area contributed by atoms with E-state index >= 15 is 0 Å². The molecule has 0 radical (unpaired) electrons. The molecule has 4 aromatic rings. The molecule has 5 nitrogen and oxygen atoms in total. The molecular weight excluding hydrogens is 461 g/mol. The van der Waals surface area contributed by atoms with Crippen molar-refractivity contribution < 1.29 is 18.0 Å². The number of nitrogens with two attached hydrogens (primary N) is 1. The van der Waals surface area contributed by atoms with Crippen LogP contribution in [-0.4, -0.2) is 20.4 Å². The number of fused-ring (bicyclic) bond motifs is 1. The van der Waals surface area contributed by atoms with Crippen molar-refractivity contribution in [1.29, 1.82) is 0 Å². The summed E-state index contributed by atoms with van der Waals surface area (Å²) in [5, 5.41) is 0. The number of benzene rings is 2. The maximum absolute atomic E-state index is 13.9. The number of hydrogen-bond donors (Lipinski definition) is 1. The summed E-state index contributed by atoms with van der Waals surface area (Å²) in [6.45, 7) is 0. The summed E-state index contributed by atoms with van der Waals surface area (Å²) in [6, 6.07) is 15.1. The number of rotatable bonds is 4. The summed E-state index contributed by atoms with van der Waals surface area (Å²) in [7, 11) is 0. The minimum atomic E-state index is -4.78. The molecule has 9 heteroatoms. The zero-order valence-corrected chi connectivity index (χ0v) is 16.9. The van der Waals surface area contributed by atoms with E-state index in [-0.39, 0.29) is 28.8 Å². The Morgan fingerprint density at radius 3 is 2.47 bits per heavy atom. The van der Waals surface area contributed by atoms with Crippen LogP contribution < -0.4 is 5.73 Å². The fraction of sp³-hybridized carbons (Fsp3) is 0.0952. The summed E-state index contributed by atoms with van der Waals surface area (Å²) < 4.78 is 43.2. The van der Waals surface area contributed by atoms with Gasteiger partial charge in [0.25, 0.3) is 5.91 Å². The number of carbonyl (C=O) groups excluding carboxylic acids is 1. The minimum Gasteiger partial charge on any atom is -0.366 e. The number of aromatic nitrogens is 3. The van der Waals surface area contributed by atoms with Gasteiger partial charge in [-0.3, -0.25) is 9.36 Å². The quantitative estimate of drug-likeness (QED) is 0.457. The van der Waals surface area contributed by atoms with Gasteiger partial charge in [0, 0.05) is 17.1 Å². The van der Waals surface area contributed by atoms with E-state index in [4.69, 9.17) is 5.73 Å². The highest BCUT2D eigenvalue weighted by Crippen LogP contribution is 2.37. The number of amides is 1. The summed E-state index contributed by atoms with van der Waals surface area (Å²) in [5.74, 6) is -2.02. The molecule has 0 aliphatic heterocycles. The third-order valence-electron chi connectivity index (χ3n) is 4.61. The number of primary amides is 1. The number of halogens is 4. The zero-order chi connectivity index (χ0) is 21.5. The maximum Gasteiger partial charge on any atom is 0.450 e. The lowest BCUT2D eigenvalue weighted by atomic mass is 9.99. The van der Waals surface area contributed by atoms with E-state index in [1.54, 1.807) is 6.07 Å². The molecule has 0 saturated heterocycles. The average Bonchev–Trinajstić information content (AvgIpc) is 3.10. The number of nitrogens with zero attached hydrogens (tertiary/aromatic N) is 3. The van der Waals surface area contributed by atoms with E-state index in [9.17, 15) is 18.0 Å². The van der Waals surface area contributed by atoms with Crippen molar-refractivity contribution in [3.63, 3.8) is 0 Å². The molecule has 152 valence electrons. The molecule has 2 aromatic heterocycles. The molecule has 0 saturated carbocycles. The van der Waals surface area contributed by atoms with E-state index in [2.05, 4.69) is 25.9 Å². The Morgan fingerprint density at radius 2 is 1.80 bits per heavy atom. The maximum atomic E-state index is 13.9. The Bertz CT molecular complexity index is 1250. The van der Waals surface area contributed by atoms with E-state index in [1.165, 1.54) is 24.4 Å². The molecule has 0 spiro atoms. The monoisotopic (exact) mass is 474 g/mol. The highest BCUT2D eigenvalue weighted by Gasteiger charge is 2.39. The Balaban J connectivity index is 2.11. The second kappa shape index (κ2) is 7.56. The van der Waals surface area contributed by atoms with Crippen LogP contribution in [0.25, 0.3) is 16.9 Å². The van der Waals surface area contributed by atoms with Gasteiger partial charge >= 0.3 is 6.18 Å². The van der Waals surface area contributed by atoms with E-state index in [1.807, 2.05) is 30.3 Å². The van der Waals surface area contributed by atoms with Crippen molar-refractivity contribution in [1.82, 2.24) is 14.5 Å². The highest BCUT2D eigenvalue weighted by atomic mass is 79.9. The SMILES string of the molecule is NC(=O)c1ccc(Br)c(Cc2ccccc2)c1-n1c(C(F)(F)F)nc2cccnc21. The third-order valence-corrected chi connectivity index (χ3v) is 5.35. The Hall–Kier alpha value is -3.20. The van der Waals surface area contributed by atoms with Crippen molar-refractivity contribution in [2.24, 2.45) is 5.73 Å². The van der Waals surface area contributed by atoms with Crippen molar-refractivity contribution in [2.45, 2.75) is 12.6 Å². The molecule has 0 aliphatic carbocycles. The van der Waals surface area contributed by atoms with Crippen LogP contribution in [0.1, 0.15) is 27.3 Å². The largest absolute Gasteiger partial charge is 0.450 e. The lowest BCUT2D eigenvalue weighted by Crippen LogP contribution is -2.21. The smallest absolute Gasteiger partial charge is 0.366 e. The first-order valence-electron chi connectivity index (χ1n) is 8.83. The third kappa shape index (κ3) is 3.56. The van der Waals surface area contributed by atoms with Crippen LogP contribution in [0.3, 0.4) is 0 Å². The van der Waals surface area contributed by atoms with Crippen molar-refractivity contribution in [3.8, 4) is 5.69 Å². The lowest BCUT2D eigenvalue weighted by Gasteiger charge is -2.19. The van der Waals surface area contributed by atoms with Gasteiger partial charge in [0.2, 0.25) is 5.82 Å². The topological polar surface area (TPSA) is 73.8 Å². The number of pyridine rings is 1. The summed E-state index contributed by atoms with van der Waals surface area (Å²) in [5.41, 5.74) is 6.87. The summed E-state index contributed by atoms with van der Waals surface area (Å²) in [4.78, 5) is 20.1. The van der Waals surface area contributed by atoms with E-state index in [0.717, 1.165) is 10.1 Å². The Kier molecular flexibility index (Phi) is 5.07. The van der Waals surface area contributed by atoms with Gasteiger partial charge in [0.05, 0.1) is 11.3 Å². The molecule has 0 atom stereocenters. The zero-order valence-electron chi connectivity index (χ0n) is 15.3. The van der Waals surface area contributed by atoms with Gasteiger partial charge < -0.3 is 5.73 Å². The fourth-order valence-electron chi connectivity index (χ4n) is 3.35. The first-order valence-corrected chi connectivity index (χ1v) is 9.63. The Labute approximate surface area is 177 Å². The van der Waals surface area contributed by atoms with Gasteiger partial charge in [-0.1, -0.05) is 46.3 Å². The van der Waals surface area contributed by atoms with Crippen LogP contribution in [0.15, 0.2) is 65.3 Å². The normalized spacial score (nSPS) is 11.7. The van der Waals surface area contributed by atoms with Crippen LogP contribution >= 0.6 is 15.9 Å². The minimum absolute atomic E-state index is 0.00857. The van der Waals surface area contributed by atoms with Crippen molar-refractivity contribution in [3.05, 3.63) is 87.8 Å². The Morgan fingerprint density at radius 1 is 1.07 bits per heavy atom. The molecule has 2 N–H and O–H groups in total. The van der Waals surface area contributed by atoms with Crippen LogP contribution in [0, 0.1) is 0 Å². The first-order chi connectivity index (χ1) is 14.3. The second-order valence-electron chi connectivity index (χ2n) is 6.56. The molecule has 0 bridgehead atoms. The molecule has 4 rings (SSSR count). The van der Waals surface area contributed by atoms with Crippen LogP contribution in [0.4, 0.5) is 13.2 Å². The van der Waals surface area contributed by atoms with Crippen LogP contribution in [0.2, 0.25) is 0 Å². The fourth-order valence-corrected chi connectivity index (χ4v) is 3.81. The summed E-state index contributed by atoms with van der Waals surface area (Å²) >= 11 is 3.43. The van der Waals surface area contributed by atoms with Gasteiger partial charge in [-0.05, 0) is 35.4 Å². The molecule has 0 fully saturated rings. The standard InChI is InChI=1S/C21H14BrF3N4O/c22-15-9-8-13(18(26)30)17(14(15)11-12-5-2-1-3-6-12)29-19-16(7-4-10-27-19)28-20(29)21(23,24)25/h1-10H,11H2,(H2,26,30). The number of imidazole rings is 1.